The van der Waals surface area contributed by atoms with E-state index in [9.17, 15) is 0 Å². The van der Waals surface area contributed by atoms with Gasteiger partial charge in [0.1, 0.15) is 5.75 Å². The zero-order chi connectivity index (χ0) is 16.2. The van der Waals surface area contributed by atoms with Crippen LogP contribution in [0, 0.1) is 0 Å². The summed E-state index contributed by atoms with van der Waals surface area (Å²) in [6.45, 7) is 1.70. The van der Waals surface area contributed by atoms with Crippen molar-refractivity contribution in [1.29, 1.82) is 0 Å². The number of hydrogen-bond donors (Lipinski definition) is 0. The Morgan fingerprint density at radius 3 is 1.83 bits per heavy atom. The molecule has 0 aliphatic heterocycles. The number of methoxy groups -OCH3 is 1. The fourth-order valence-corrected chi connectivity index (χ4v) is 2.62. The standard InChI is InChI=1S/C21H28O2/c1-22-17-9-4-2-3-5-10-18-23-21-15-13-20(14-16-21)19-11-7-6-8-12-19/h6-8,11-16H,2-5,9-10,17-18H2,1H3. The van der Waals surface area contributed by atoms with Crippen LogP contribution < -0.4 is 4.74 Å². The normalized spacial score (nSPS) is 10.7. The van der Waals surface area contributed by atoms with Gasteiger partial charge in [-0.25, -0.2) is 0 Å². The van der Waals surface area contributed by atoms with Crippen LogP contribution in [0.4, 0.5) is 0 Å². The van der Waals surface area contributed by atoms with Crippen molar-refractivity contribution < 1.29 is 9.47 Å². The van der Waals surface area contributed by atoms with E-state index in [0.29, 0.717) is 0 Å². The quantitative estimate of drug-likeness (QED) is 0.494. The highest BCUT2D eigenvalue weighted by atomic mass is 16.5. The summed E-state index contributed by atoms with van der Waals surface area (Å²) >= 11 is 0. The van der Waals surface area contributed by atoms with E-state index in [1.807, 2.05) is 6.07 Å². The van der Waals surface area contributed by atoms with E-state index in [2.05, 4.69) is 48.5 Å². The van der Waals surface area contributed by atoms with Crippen LogP contribution in [-0.4, -0.2) is 20.3 Å². The van der Waals surface area contributed by atoms with Crippen LogP contribution in [0.5, 0.6) is 5.75 Å². The maximum absolute atomic E-state index is 5.82. The molecule has 0 spiro atoms. The molecule has 124 valence electrons. The first kappa shape index (κ1) is 17.6. The molecular formula is C21H28O2. The van der Waals surface area contributed by atoms with Crippen molar-refractivity contribution in [2.24, 2.45) is 0 Å². The smallest absolute Gasteiger partial charge is 0.119 e. The van der Waals surface area contributed by atoms with E-state index in [4.69, 9.17) is 9.47 Å². The molecule has 0 atom stereocenters. The van der Waals surface area contributed by atoms with Gasteiger partial charge in [0.25, 0.3) is 0 Å². The molecule has 2 aromatic carbocycles. The van der Waals surface area contributed by atoms with Crippen LogP contribution in [0.15, 0.2) is 54.6 Å². The van der Waals surface area contributed by atoms with E-state index >= 15 is 0 Å². The molecule has 0 unspecified atom stereocenters. The first-order valence-electron chi connectivity index (χ1n) is 8.67. The molecule has 0 aromatic heterocycles. The molecule has 0 amide bonds. The number of rotatable bonds is 11. The summed E-state index contributed by atoms with van der Waals surface area (Å²) in [6, 6.07) is 18.8. The molecule has 0 N–H and O–H groups in total. The molecule has 0 fully saturated rings. The minimum atomic E-state index is 0.808. The number of hydrogen-bond acceptors (Lipinski definition) is 2. The maximum Gasteiger partial charge on any atom is 0.119 e. The van der Waals surface area contributed by atoms with E-state index in [1.165, 1.54) is 43.2 Å². The number of ether oxygens (including phenoxy) is 2. The Hall–Kier alpha value is -1.80. The van der Waals surface area contributed by atoms with Crippen molar-refractivity contribution in [2.45, 2.75) is 38.5 Å². The van der Waals surface area contributed by atoms with E-state index < -0.39 is 0 Å². The molecule has 0 radical (unpaired) electrons. The second kappa shape index (κ2) is 10.8. The van der Waals surface area contributed by atoms with Crippen molar-refractivity contribution in [3.8, 4) is 16.9 Å². The van der Waals surface area contributed by atoms with E-state index in [-0.39, 0.29) is 0 Å². The Morgan fingerprint density at radius 1 is 0.609 bits per heavy atom. The van der Waals surface area contributed by atoms with Gasteiger partial charge in [-0.2, -0.15) is 0 Å². The summed E-state index contributed by atoms with van der Waals surface area (Å²) in [6.07, 6.45) is 7.42. The largest absolute Gasteiger partial charge is 0.494 e. The third kappa shape index (κ3) is 6.87. The van der Waals surface area contributed by atoms with Crippen molar-refractivity contribution >= 4 is 0 Å². The van der Waals surface area contributed by atoms with E-state index in [1.54, 1.807) is 7.11 Å². The molecule has 0 aliphatic carbocycles. The van der Waals surface area contributed by atoms with Gasteiger partial charge in [-0.3, -0.25) is 0 Å². The monoisotopic (exact) mass is 312 g/mol. The zero-order valence-electron chi connectivity index (χ0n) is 14.2. The highest BCUT2D eigenvalue weighted by Crippen LogP contribution is 2.22. The predicted octanol–water partition coefficient (Wildman–Crippen LogP) is 5.72. The first-order valence-corrected chi connectivity index (χ1v) is 8.67. The highest BCUT2D eigenvalue weighted by Gasteiger charge is 1.98. The van der Waals surface area contributed by atoms with Crippen LogP contribution in [0.2, 0.25) is 0 Å². The summed E-state index contributed by atoms with van der Waals surface area (Å²) in [4.78, 5) is 0. The molecule has 0 saturated heterocycles. The minimum absolute atomic E-state index is 0.808. The van der Waals surface area contributed by atoms with Gasteiger partial charge >= 0.3 is 0 Å². The second-order valence-corrected chi connectivity index (χ2v) is 5.85. The average Bonchev–Trinajstić information content (AvgIpc) is 2.62. The summed E-state index contributed by atoms with van der Waals surface area (Å²) in [7, 11) is 1.77. The molecule has 2 rings (SSSR count). The lowest BCUT2D eigenvalue weighted by Crippen LogP contribution is -1.97. The van der Waals surface area contributed by atoms with Crippen molar-refractivity contribution in [1.82, 2.24) is 0 Å². The van der Waals surface area contributed by atoms with Gasteiger partial charge in [0, 0.05) is 13.7 Å². The molecule has 2 heteroatoms. The third-order valence-corrected chi connectivity index (χ3v) is 3.97. The molecule has 2 nitrogen and oxygen atoms in total. The molecule has 0 heterocycles. The van der Waals surface area contributed by atoms with Crippen molar-refractivity contribution in [3.05, 3.63) is 54.6 Å². The van der Waals surface area contributed by atoms with Gasteiger partial charge < -0.3 is 9.47 Å². The van der Waals surface area contributed by atoms with Gasteiger partial charge in [-0.1, -0.05) is 68.1 Å². The molecule has 2 aromatic rings. The summed E-state index contributed by atoms with van der Waals surface area (Å²) in [5.74, 6) is 0.963. The Balaban J connectivity index is 1.60. The topological polar surface area (TPSA) is 18.5 Å². The highest BCUT2D eigenvalue weighted by molar-refractivity contribution is 5.63. The Bertz CT molecular complexity index is 519. The lowest BCUT2D eigenvalue weighted by Gasteiger charge is -2.07. The zero-order valence-corrected chi connectivity index (χ0v) is 14.2. The van der Waals surface area contributed by atoms with Gasteiger partial charge in [-0.15, -0.1) is 0 Å². The molecule has 0 bridgehead atoms. The fourth-order valence-electron chi connectivity index (χ4n) is 2.62. The van der Waals surface area contributed by atoms with Crippen molar-refractivity contribution in [2.75, 3.05) is 20.3 Å². The maximum atomic E-state index is 5.82. The minimum Gasteiger partial charge on any atom is -0.494 e. The van der Waals surface area contributed by atoms with Crippen LogP contribution in [-0.2, 0) is 4.74 Å². The summed E-state index contributed by atoms with van der Waals surface area (Å²) < 4.78 is 10.9. The average molecular weight is 312 g/mol. The van der Waals surface area contributed by atoms with Gasteiger partial charge in [0.15, 0.2) is 0 Å². The predicted molar refractivity (Wildman–Crippen MR) is 97.0 cm³/mol. The molecular weight excluding hydrogens is 284 g/mol. The fraction of sp³-hybridized carbons (Fsp3) is 0.429. The van der Waals surface area contributed by atoms with Crippen LogP contribution in [0.1, 0.15) is 38.5 Å². The van der Waals surface area contributed by atoms with Gasteiger partial charge in [0.2, 0.25) is 0 Å². The Morgan fingerprint density at radius 2 is 1.17 bits per heavy atom. The third-order valence-electron chi connectivity index (χ3n) is 3.97. The summed E-state index contributed by atoms with van der Waals surface area (Å²) in [5, 5.41) is 0. The van der Waals surface area contributed by atoms with Crippen LogP contribution in [0.25, 0.3) is 11.1 Å². The molecule has 0 aliphatic rings. The van der Waals surface area contributed by atoms with Crippen LogP contribution in [0.3, 0.4) is 0 Å². The number of benzene rings is 2. The Labute approximate surface area is 140 Å². The Kier molecular flexibility index (Phi) is 8.28. The van der Waals surface area contributed by atoms with Crippen LogP contribution >= 0.6 is 0 Å². The number of unbranched alkanes of at least 4 members (excludes halogenated alkanes) is 5. The lowest BCUT2D eigenvalue weighted by atomic mass is 10.1. The second-order valence-electron chi connectivity index (χ2n) is 5.85. The van der Waals surface area contributed by atoms with Gasteiger partial charge in [0.05, 0.1) is 6.61 Å². The first-order chi connectivity index (χ1) is 11.4. The molecule has 0 saturated carbocycles. The van der Waals surface area contributed by atoms with Crippen molar-refractivity contribution in [3.63, 3.8) is 0 Å². The van der Waals surface area contributed by atoms with Gasteiger partial charge in [-0.05, 0) is 36.1 Å². The SMILES string of the molecule is COCCCCCCCCOc1ccc(-c2ccccc2)cc1. The van der Waals surface area contributed by atoms with E-state index in [0.717, 1.165) is 25.4 Å². The lowest BCUT2D eigenvalue weighted by molar-refractivity contribution is 0.191. The summed E-state index contributed by atoms with van der Waals surface area (Å²) in [5.41, 5.74) is 2.47. The molecule has 23 heavy (non-hydrogen) atoms.